The van der Waals surface area contributed by atoms with Gasteiger partial charge in [-0.3, -0.25) is 0 Å². The first-order valence-corrected chi connectivity index (χ1v) is 24.4. The van der Waals surface area contributed by atoms with Gasteiger partial charge in [-0.1, -0.05) is 184 Å². The van der Waals surface area contributed by atoms with Crippen molar-refractivity contribution in [2.75, 3.05) is 4.90 Å². The molecule has 0 saturated heterocycles. The highest BCUT2D eigenvalue weighted by molar-refractivity contribution is 6.89. The second kappa shape index (κ2) is 13.6. The lowest BCUT2D eigenvalue weighted by Crippen LogP contribution is -2.66. The number of hydrogen-bond donors (Lipinski definition) is 0. The van der Waals surface area contributed by atoms with Crippen LogP contribution in [0.3, 0.4) is 0 Å². The highest BCUT2D eigenvalue weighted by atomic mass is 16.5. The van der Waals surface area contributed by atoms with Gasteiger partial charge in [0.15, 0.2) is 17.2 Å². The summed E-state index contributed by atoms with van der Waals surface area (Å²) >= 11 is 0. The van der Waals surface area contributed by atoms with Crippen LogP contribution in [0.4, 0.5) is 11.4 Å². The smallest absolute Gasteiger partial charge is 0.218 e. The third kappa shape index (κ3) is 5.37. The second-order valence-corrected chi connectivity index (χ2v) is 21.3. The van der Waals surface area contributed by atoms with E-state index >= 15 is 0 Å². The molecule has 0 bridgehead atoms. The molecular formula is C61H54BNO2. The first-order valence-electron chi connectivity index (χ1n) is 24.4. The number of nitrogens with zero attached hydrogens (tertiary/aromatic N) is 1. The average molecular weight is 844 g/mol. The molecule has 0 amide bonds. The third-order valence-electron chi connectivity index (χ3n) is 17.4. The first kappa shape index (κ1) is 38.1. The zero-order valence-electron chi connectivity index (χ0n) is 37.9. The Kier molecular flexibility index (Phi) is 7.99. The molecule has 5 heterocycles. The van der Waals surface area contributed by atoms with Crippen LogP contribution in [0.5, 0.6) is 17.2 Å². The molecule has 0 spiro atoms. The van der Waals surface area contributed by atoms with Crippen molar-refractivity contribution in [3.8, 4) is 39.5 Å². The van der Waals surface area contributed by atoms with Gasteiger partial charge in [-0.05, 0) is 130 Å². The largest absolute Gasteiger partial charge is 0.457 e. The van der Waals surface area contributed by atoms with Crippen molar-refractivity contribution in [1.29, 1.82) is 0 Å². The summed E-state index contributed by atoms with van der Waals surface area (Å²) in [6, 6.07) is 44.5. The van der Waals surface area contributed by atoms with E-state index in [0.717, 1.165) is 52.8 Å². The van der Waals surface area contributed by atoms with Crippen molar-refractivity contribution in [3.63, 3.8) is 0 Å². The number of anilines is 2. The van der Waals surface area contributed by atoms with Gasteiger partial charge in [0.1, 0.15) is 11.4 Å². The van der Waals surface area contributed by atoms with Crippen molar-refractivity contribution in [2.45, 2.75) is 101 Å². The van der Waals surface area contributed by atoms with E-state index in [1.165, 1.54) is 64.6 Å². The van der Waals surface area contributed by atoms with Gasteiger partial charge in [-0.15, -0.1) is 0 Å². The SMILES string of the molecule is CC1(C)C2=CC=CC3Cc4cccc5c4B(c4c1cc(-c1ccc([C@H]6CCCC[C@H]6c6ccc(-c7cc8c9c(c7)Oc7ccccc7N9C7CC=CC=C7O8)cc6)cc1)cc4C5(C)C)C23. The molecule has 5 atom stereocenters. The van der Waals surface area contributed by atoms with E-state index < -0.39 is 0 Å². The molecule has 8 aliphatic rings. The molecule has 14 rings (SSSR count). The molecule has 0 radical (unpaired) electrons. The van der Waals surface area contributed by atoms with Gasteiger partial charge in [-0.2, -0.15) is 0 Å². The Morgan fingerprint density at radius 1 is 0.600 bits per heavy atom. The Bertz CT molecular complexity index is 3150. The number of hydrogen-bond acceptors (Lipinski definition) is 3. The molecule has 5 aliphatic heterocycles. The van der Waals surface area contributed by atoms with Crippen LogP contribution in [0.25, 0.3) is 22.3 Å². The topological polar surface area (TPSA) is 21.7 Å². The zero-order valence-corrected chi connectivity index (χ0v) is 37.9. The number of ether oxygens (including phenoxy) is 2. The van der Waals surface area contributed by atoms with Crippen molar-refractivity contribution in [2.24, 2.45) is 5.92 Å². The van der Waals surface area contributed by atoms with Crippen molar-refractivity contribution in [3.05, 3.63) is 196 Å². The van der Waals surface area contributed by atoms with Gasteiger partial charge in [0.2, 0.25) is 6.71 Å². The maximum Gasteiger partial charge on any atom is 0.218 e. The lowest BCUT2D eigenvalue weighted by molar-refractivity contribution is 0.348. The number of benzene rings is 6. The van der Waals surface area contributed by atoms with Crippen LogP contribution in [-0.4, -0.2) is 12.8 Å². The van der Waals surface area contributed by atoms with Crippen molar-refractivity contribution < 1.29 is 9.47 Å². The molecule has 0 N–H and O–H groups in total. The minimum atomic E-state index is -0.0685. The van der Waals surface area contributed by atoms with E-state index in [-0.39, 0.29) is 16.9 Å². The van der Waals surface area contributed by atoms with Gasteiger partial charge >= 0.3 is 0 Å². The van der Waals surface area contributed by atoms with E-state index in [2.05, 4.69) is 184 Å². The summed E-state index contributed by atoms with van der Waals surface area (Å²) in [4.78, 5) is 2.42. The van der Waals surface area contributed by atoms with Crippen LogP contribution < -0.4 is 25.3 Å². The summed E-state index contributed by atoms with van der Waals surface area (Å²) in [5, 5.41) is 0. The van der Waals surface area contributed by atoms with E-state index in [0.29, 0.717) is 30.3 Å². The highest BCUT2D eigenvalue weighted by Crippen LogP contribution is 2.58. The van der Waals surface area contributed by atoms with Crippen LogP contribution >= 0.6 is 0 Å². The molecule has 318 valence electrons. The summed E-state index contributed by atoms with van der Waals surface area (Å²) in [6.07, 6.45) is 20.9. The molecule has 1 saturated carbocycles. The number of rotatable bonds is 4. The van der Waals surface area contributed by atoms with Crippen molar-refractivity contribution >= 4 is 29.0 Å². The first-order chi connectivity index (χ1) is 31.7. The van der Waals surface area contributed by atoms with Crippen LogP contribution in [-0.2, 0) is 17.3 Å². The monoisotopic (exact) mass is 843 g/mol. The molecule has 65 heavy (non-hydrogen) atoms. The summed E-state index contributed by atoms with van der Waals surface area (Å²) in [5.41, 5.74) is 21.0. The molecule has 1 fully saturated rings. The number of allylic oxidation sites excluding steroid dienone is 6. The number of para-hydroxylation sites is 2. The van der Waals surface area contributed by atoms with Gasteiger partial charge in [0, 0.05) is 10.8 Å². The fourth-order valence-electron chi connectivity index (χ4n) is 14.2. The summed E-state index contributed by atoms with van der Waals surface area (Å²) in [7, 11) is 0. The molecule has 3 aliphatic carbocycles. The van der Waals surface area contributed by atoms with Gasteiger partial charge < -0.3 is 14.4 Å². The molecule has 6 aromatic carbocycles. The lowest BCUT2D eigenvalue weighted by atomic mass is 9.20. The van der Waals surface area contributed by atoms with Crippen LogP contribution in [0, 0.1) is 5.92 Å². The Morgan fingerprint density at radius 2 is 1.28 bits per heavy atom. The predicted molar refractivity (Wildman–Crippen MR) is 267 cm³/mol. The third-order valence-corrected chi connectivity index (χ3v) is 17.4. The fraction of sp³-hybridized carbons (Fsp3) is 0.279. The maximum absolute atomic E-state index is 6.66. The fourth-order valence-corrected chi connectivity index (χ4v) is 14.2. The Balaban J connectivity index is 0.787. The summed E-state index contributed by atoms with van der Waals surface area (Å²) < 4.78 is 13.3. The predicted octanol–water partition coefficient (Wildman–Crippen LogP) is 13.9. The molecule has 4 heteroatoms. The van der Waals surface area contributed by atoms with Gasteiger partial charge in [-0.25, -0.2) is 0 Å². The molecule has 0 aromatic heterocycles. The van der Waals surface area contributed by atoms with Gasteiger partial charge in [0.05, 0.1) is 11.7 Å². The van der Waals surface area contributed by atoms with Crippen molar-refractivity contribution in [1.82, 2.24) is 0 Å². The van der Waals surface area contributed by atoms with Crippen LogP contribution in [0.15, 0.2) is 163 Å². The number of fused-ring (bicyclic) bond motifs is 4. The molecular weight excluding hydrogens is 789 g/mol. The standard InChI is InChI=1S/C61H54BNO2/c1-60(2)46-17-11-13-40-31-41-14-12-18-47-57(41)62(56(40)46)58-48(60)32-42(33-49(58)61(47,3)4)36-23-27-38(28-24-36)44-15-5-6-16-45(44)39-29-25-37(26-30-39)43-34-54-59-55(35-43)65-53-22-10-8-20-51(53)63(59)50-19-7-9-21-52(50)64-54/h7-14,17-19,21-30,32-35,40,44-45,51,56H,5-6,15-16,20,31H2,1-4H3/t40?,44-,45+,51?,56?/m1/s1. The normalized spacial score (nSPS) is 24.9. The minimum absolute atomic E-state index is 0.0332. The Morgan fingerprint density at radius 3 is 2.02 bits per heavy atom. The second-order valence-electron chi connectivity index (χ2n) is 21.3. The van der Waals surface area contributed by atoms with E-state index in [4.69, 9.17) is 9.47 Å². The van der Waals surface area contributed by atoms with E-state index in [1.54, 1.807) is 27.6 Å². The summed E-state index contributed by atoms with van der Waals surface area (Å²) in [6.45, 7) is 10.4. The summed E-state index contributed by atoms with van der Waals surface area (Å²) in [5.74, 6) is 5.67. The van der Waals surface area contributed by atoms with Crippen LogP contribution in [0.2, 0.25) is 5.82 Å². The minimum Gasteiger partial charge on any atom is -0.457 e. The molecule has 3 nitrogen and oxygen atoms in total. The van der Waals surface area contributed by atoms with E-state index in [1.807, 2.05) is 0 Å². The highest BCUT2D eigenvalue weighted by Gasteiger charge is 2.56. The maximum atomic E-state index is 6.66. The van der Waals surface area contributed by atoms with Gasteiger partial charge in [0.25, 0.3) is 0 Å². The quantitative estimate of drug-likeness (QED) is 0.165. The van der Waals surface area contributed by atoms with E-state index in [9.17, 15) is 0 Å². The Hall–Kier alpha value is -6.26. The molecule has 3 unspecified atom stereocenters. The molecule has 6 aromatic rings. The van der Waals surface area contributed by atoms with Crippen LogP contribution in [0.1, 0.15) is 105 Å². The lowest BCUT2D eigenvalue weighted by Gasteiger charge is -2.55. The average Bonchev–Trinajstić information content (AvgIpc) is 3.34. The zero-order chi connectivity index (χ0) is 43.3. The Labute approximate surface area is 384 Å².